The molecule has 2 saturated heterocycles. The SMILES string of the molecule is C[C@@H]1CN(c2ncc(C(=O)NCC3CCCCC3)cc2Cl)CCN1C1CCN(Cc2ccc(C#N)cc2)CC1.[HH]. The van der Waals surface area contributed by atoms with Crippen LogP contribution >= 0.6 is 11.6 Å². The number of aromatic nitrogens is 1. The maximum Gasteiger partial charge on any atom is 0.252 e. The second kappa shape index (κ2) is 13.1. The average molecular weight is 551 g/mol. The van der Waals surface area contributed by atoms with E-state index in [4.69, 9.17) is 16.9 Å². The average Bonchev–Trinajstić information content (AvgIpc) is 2.97. The van der Waals surface area contributed by atoms with Crippen molar-refractivity contribution in [2.75, 3.05) is 44.2 Å². The number of nitrogens with zero attached hydrogens (tertiary/aromatic N) is 5. The van der Waals surface area contributed by atoms with Crippen LogP contribution in [0, 0.1) is 17.2 Å². The van der Waals surface area contributed by atoms with Gasteiger partial charge in [-0.1, -0.05) is 43.0 Å². The van der Waals surface area contributed by atoms with Gasteiger partial charge in [-0.05, 0) is 75.4 Å². The zero-order valence-electron chi connectivity index (χ0n) is 23.1. The number of nitrogens with one attached hydrogen (secondary N) is 1. The Hall–Kier alpha value is -2.66. The lowest BCUT2D eigenvalue weighted by atomic mass is 9.89. The highest BCUT2D eigenvalue weighted by Gasteiger charge is 2.32. The van der Waals surface area contributed by atoms with Gasteiger partial charge in [0, 0.05) is 52.4 Å². The Morgan fingerprint density at radius 3 is 2.51 bits per heavy atom. The number of amides is 1. The van der Waals surface area contributed by atoms with E-state index in [1.807, 2.05) is 12.1 Å². The topological polar surface area (TPSA) is 75.5 Å². The molecule has 1 amide bonds. The molecule has 1 aromatic heterocycles. The minimum absolute atomic E-state index is 0. The van der Waals surface area contributed by atoms with Crippen LogP contribution in [0.5, 0.6) is 0 Å². The van der Waals surface area contributed by atoms with Crippen LogP contribution in [0.25, 0.3) is 0 Å². The van der Waals surface area contributed by atoms with E-state index in [9.17, 15) is 4.79 Å². The molecule has 0 unspecified atom stereocenters. The van der Waals surface area contributed by atoms with Gasteiger partial charge in [-0.25, -0.2) is 4.98 Å². The third-order valence-electron chi connectivity index (χ3n) is 8.85. The molecule has 3 fully saturated rings. The van der Waals surface area contributed by atoms with Gasteiger partial charge in [0.05, 0.1) is 22.2 Å². The lowest BCUT2D eigenvalue weighted by molar-refractivity contribution is 0.0690. The zero-order valence-corrected chi connectivity index (χ0v) is 23.9. The fraction of sp³-hybridized carbons (Fsp3) is 0.581. The van der Waals surface area contributed by atoms with Crippen LogP contribution in [0.3, 0.4) is 0 Å². The van der Waals surface area contributed by atoms with Gasteiger partial charge in [0.1, 0.15) is 5.82 Å². The van der Waals surface area contributed by atoms with Crippen LogP contribution in [-0.4, -0.2) is 72.0 Å². The summed E-state index contributed by atoms with van der Waals surface area (Å²) in [6.07, 6.45) is 10.3. The molecule has 3 aliphatic rings. The first-order valence-corrected chi connectivity index (χ1v) is 15.0. The summed E-state index contributed by atoms with van der Waals surface area (Å²) in [5.74, 6) is 1.30. The Bertz CT molecular complexity index is 1160. The molecule has 1 saturated carbocycles. The van der Waals surface area contributed by atoms with Crippen molar-refractivity contribution in [3.63, 3.8) is 0 Å². The number of benzene rings is 1. The molecule has 0 spiro atoms. The summed E-state index contributed by atoms with van der Waals surface area (Å²) in [6, 6.07) is 12.9. The summed E-state index contributed by atoms with van der Waals surface area (Å²) in [4.78, 5) is 24.8. The molecule has 2 aliphatic heterocycles. The molecule has 1 aromatic carbocycles. The molecule has 1 atom stereocenters. The van der Waals surface area contributed by atoms with Crippen LogP contribution in [-0.2, 0) is 6.54 Å². The quantitative estimate of drug-likeness (QED) is 0.501. The number of rotatable bonds is 7. The molecular formula is C31H43ClN6O. The molecular weight excluding hydrogens is 508 g/mol. The predicted molar refractivity (Wildman–Crippen MR) is 158 cm³/mol. The van der Waals surface area contributed by atoms with E-state index in [2.05, 4.69) is 50.1 Å². The highest BCUT2D eigenvalue weighted by Crippen LogP contribution is 2.29. The van der Waals surface area contributed by atoms with E-state index in [1.54, 1.807) is 12.3 Å². The fourth-order valence-corrected chi connectivity index (χ4v) is 6.86. The Morgan fingerprint density at radius 1 is 1.10 bits per heavy atom. The summed E-state index contributed by atoms with van der Waals surface area (Å²) in [6.45, 7) is 8.93. The summed E-state index contributed by atoms with van der Waals surface area (Å²) in [5, 5.41) is 12.7. The highest BCUT2D eigenvalue weighted by molar-refractivity contribution is 6.33. The largest absolute Gasteiger partial charge is 0.353 e. The van der Waals surface area contributed by atoms with Gasteiger partial charge in [0.25, 0.3) is 5.91 Å². The molecule has 1 N–H and O–H groups in total. The van der Waals surface area contributed by atoms with E-state index in [0.29, 0.717) is 34.2 Å². The van der Waals surface area contributed by atoms with Crippen molar-refractivity contribution in [3.05, 3.63) is 58.2 Å². The van der Waals surface area contributed by atoms with Gasteiger partial charge in [-0.2, -0.15) is 5.26 Å². The number of piperidine rings is 1. The Labute approximate surface area is 239 Å². The smallest absolute Gasteiger partial charge is 0.252 e. The summed E-state index contributed by atoms with van der Waals surface area (Å²) >= 11 is 6.67. The van der Waals surface area contributed by atoms with Crippen LogP contribution in [0.1, 0.15) is 74.8 Å². The summed E-state index contributed by atoms with van der Waals surface area (Å²) in [7, 11) is 0. The van der Waals surface area contributed by atoms with Gasteiger partial charge < -0.3 is 10.2 Å². The standard InChI is InChI=1S/C31H41ClN6O.H2/c1-23-21-37(30-29(32)17-27(20-34-30)31(39)35-19-25-5-3-2-4-6-25)15-16-38(23)28-11-13-36(14-12-28)22-26-9-7-24(18-33)8-10-26;/h7-10,17,20,23,25,28H,2-6,11-16,19,21-22H2,1H3,(H,35,39);1H/t23-;/m1./s1. The molecule has 0 bridgehead atoms. The van der Waals surface area contributed by atoms with E-state index in [1.165, 1.54) is 50.5 Å². The van der Waals surface area contributed by atoms with E-state index in [-0.39, 0.29) is 7.33 Å². The van der Waals surface area contributed by atoms with Crippen molar-refractivity contribution in [2.45, 2.75) is 70.5 Å². The summed E-state index contributed by atoms with van der Waals surface area (Å²) in [5.41, 5.74) is 2.53. The van der Waals surface area contributed by atoms with Crippen molar-refractivity contribution >= 4 is 23.3 Å². The Morgan fingerprint density at radius 2 is 1.85 bits per heavy atom. The number of carbonyl (C=O) groups is 1. The van der Waals surface area contributed by atoms with Gasteiger partial charge in [0.15, 0.2) is 0 Å². The van der Waals surface area contributed by atoms with Gasteiger partial charge in [-0.3, -0.25) is 14.6 Å². The third kappa shape index (κ3) is 7.11. The van der Waals surface area contributed by atoms with Crippen molar-refractivity contribution in [3.8, 4) is 6.07 Å². The maximum absolute atomic E-state index is 12.7. The number of hydrogen-bond donors (Lipinski definition) is 1. The number of anilines is 1. The highest BCUT2D eigenvalue weighted by atomic mass is 35.5. The number of pyridine rings is 1. The van der Waals surface area contributed by atoms with Crippen molar-refractivity contribution < 1.29 is 6.22 Å². The van der Waals surface area contributed by atoms with Crippen molar-refractivity contribution in [1.82, 2.24) is 20.1 Å². The lowest BCUT2D eigenvalue weighted by Crippen LogP contribution is -2.57. The molecule has 5 rings (SSSR count). The minimum Gasteiger partial charge on any atom is -0.353 e. The van der Waals surface area contributed by atoms with E-state index < -0.39 is 0 Å². The number of carbonyl (C=O) groups excluding carboxylic acids is 1. The normalized spacial score (nSPS) is 22.0. The van der Waals surface area contributed by atoms with Crippen LogP contribution in [0.2, 0.25) is 5.02 Å². The van der Waals surface area contributed by atoms with Crippen LogP contribution in [0.4, 0.5) is 5.82 Å². The second-order valence-corrected chi connectivity index (χ2v) is 12.0. The molecule has 39 heavy (non-hydrogen) atoms. The van der Waals surface area contributed by atoms with Crippen LogP contribution in [0.15, 0.2) is 36.5 Å². The zero-order chi connectivity index (χ0) is 27.2. The molecule has 8 heteroatoms. The van der Waals surface area contributed by atoms with Crippen molar-refractivity contribution in [2.24, 2.45) is 5.92 Å². The van der Waals surface area contributed by atoms with Gasteiger partial charge in [-0.15, -0.1) is 0 Å². The van der Waals surface area contributed by atoms with Crippen molar-refractivity contribution in [1.29, 1.82) is 5.26 Å². The first kappa shape index (κ1) is 27.9. The fourth-order valence-electron chi connectivity index (χ4n) is 6.58. The minimum atomic E-state index is -0.0785. The van der Waals surface area contributed by atoms with E-state index >= 15 is 0 Å². The lowest BCUT2D eigenvalue weighted by Gasteiger charge is -2.47. The molecule has 1 aliphatic carbocycles. The number of piperazine rings is 1. The predicted octanol–water partition coefficient (Wildman–Crippen LogP) is 5.34. The molecule has 3 heterocycles. The number of hydrogen-bond acceptors (Lipinski definition) is 6. The maximum atomic E-state index is 12.7. The molecule has 210 valence electrons. The molecule has 7 nitrogen and oxygen atoms in total. The first-order chi connectivity index (χ1) is 19.0. The molecule has 0 radical (unpaired) electrons. The van der Waals surface area contributed by atoms with E-state index in [0.717, 1.165) is 51.6 Å². The number of nitriles is 1. The van der Waals surface area contributed by atoms with Gasteiger partial charge in [0.2, 0.25) is 0 Å². The Kier molecular flexibility index (Phi) is 9.39. The number of halogens is 1. The summed E-state index contributed by atoms with van der Waals surface area (Å²) < 4.78 is 0. The first-order valence-electron chi connectivity index (χ1n) is 14.7. The van der Waals surface area contributed by atoms with Crippen LogP contribution < -0.4 is 10.2 Å². The monoisotopic (exact) mass is 550 g/mol. The number of likely N-dealkylation sites (tertiary alicyclic amines) is 1. The second-order valence-electron chi connectivity index (χ2n) is 11.6. The van der Waals surface area contributed by atoms with Gasteiger partial charge >= 0.3 is 0 Å². The molecule has 2 aromatic rings. The third-order valence-corrected chi connectivity index (χ3v) is 9.13. The Balaban J connectivity index is 0.00000370.